The monoisotopic (exact) mass is 408 g/mol. The Morgan fingerprint density at radius 2 is 1.63 bits per heavy atom. The normalized spacial score (nSPS) is 17.9. The van der Waals surface area contributed by atoms with Gasteiger partial charge < -0.3 is 19.8 Å². The summed E-state index contributed by atoms with van der Waals surface area (Å²) in [7, 11) is 4.04. The van der Waals surface area contributed by atoms with Crippen LogP contribution in [-0.4, -0.2) is 78.8 Å². The number of nitrogens with zero attached hydrogens (tertiary/aromatic N) is 4. The molecule has 0 aliphatic carbocycles. The Bertz CT molecular complexity index is 868. The number of aliphatic hydroxyl groups excluding tert-OH is 1. The molecule has 0 spiro atoms. The van der Waals surface area contributed by atoms with E-state index >= 15 is 0 Å². The number of hydrogen-bond donors (Lipinski definition) is 1. The Labute approximate surface area is 179 Å². The van der Waals surface area contributed by atoms with Crippen molar-refractivity contribution in [2.75, 3.05) is 51.7 Å². The predicted molar refractivity (Wildman–Crippen MR) is 120 cm³/mol. The molecule has 160 valence electrons. The van der Waals surface area contributed by atoms with Gasteiger partial charge in [-0.05, 0) is 35.2 Å². The van der Waals surface area contributed by atoms with Crippen molar-refractivity contribution in [2.24, 2.45) is 0 Å². The molecule has 6 heteroatoms. The quantitative estimate of drug-likeness (QED) is 0.765. The van der Waals surface area contributed by atoms with E-state index in [0.717, 1.165) is 30.8 Å². The predicted octanol–water partition coefficient (Wildman–Crippen LogP) is 2.41. The van der Waals surface area contributed by atoms with Gasteiger partial charge >= 0.3 is 6.03 Å². The zero-order valence-electron chi connectivity index (χ0n) is 18.0. The first-order valence-electron chi connectivity index (χ1n) is 10.8. The molecule has 30 heavy (non-hydrogen) atoms. The van der Waals surface area contributed by atoms with Crippen LogP contribution in [0.3, 0.4) is 0 Å². The van der Waals surface area contributed by atoms with Crippen LogP contribution in [0.5, 0.6) is 0 Å². The van der Waals surface area contributed by atoms with Gasteiger partial charge in [0.25, 0.3) is 0 Å². The van der Waals surface area contributed by atoms with Crippen molar-refractivity contribution in [3.63, 3.8) is 0 Å². The van der Waals surface area contributed by atoms with Crippen LogP contribution < -0.4 is 4.90 Å². The van der Waals surface area contributed by atoms with Crippen LogP contribution in [0.2, 0.25) is 0 Å². The maximum atomic E-state index is 12.8. The lowest BCUT2D eigenvalue weighted by molar-refractivity contribution is 0.0812. The SMILES string of the molecule is CN(C)c1ccc(CN2CCN(CC(O)CN3CCc4ccccc4C3)C2=O)cc1. The Morgan fingerprint density at radius 3 is 2.37 bits per heavy atom. The molecule has 1 fully saturated rings. The smallest absolute Gasteiger partial charge is 0.320 e. The number of carbonyl (C=O) groups excluding carboxylic acids is 1. The Hall–Kier alpha value is -2.57. The number of aliphatic hydroxyl groups is 1. The molecule has 2 aliphatic rings. The highest BCUT2D eigenvalue weighted by Gasteiger charge is 2.30. The van der Waals surface area contributed by atoms with Gasteiger partial charge in [0, 0.05) is 65.6 Å². The van der Waals surface area contributed by atoms with Gasteiger partial charge in [0.1, 0.15) is 0 Å². The molecule has 1 unspecified atom stereocenters. The van der Waals surface area contributed by atoms with E-state index in [1.807, 2.05) is 19.0 Å². The van der Waals surface area contributed by atoms with Crippen molar-refractivity contribution in [1.29, 1.82) is 0 Å². The molecule has 0 aromatic heterocycles. The van der Waals surface area contributed by atoms with Gasteiger partial charge in [-0.1, -0.05) is 36.4 Å². The van der Waals surface area contributed by atoms with Crippen molar-refractivity contribution < 1.29 is 9.90 Å². The van der Waals surface area contributed by atoms with E-state index < -0.39 is 6.10 Å². The summed E-state index contributed by atoms with van der Waals surface area (Å²) < 4.78 is 0. The molecule has 0 radical (unpaired) electrons. The molecule has 1 saturated heterocycles. The number of benzene rings is 2. The molecular weight excluding hydrogens is 376 g/mol. The molecule has 0 bridgehead atoms. The number of fused-ring (bicyclic) bond motifs is 1. The number of amides is 2. The lowest BCUT2D eigenvalue weighted by Gasteiger charge is -2.31. The van der Waals surface area contributed by atoms with Gasteiger partial charge in [-0.25, -0.2) is 4.79 Å². The molecular formula is C24H32N4O2. The first kappa shape index (κ1) is 20.7. The second-order valence-electron chi connectivity index (χ2n) is 8.62. The molecule has 2 amide bonds. The Balaban J connectivity index is 1.27. The Morgan fingerprint density at radius 1 is 0.933 bits per heavy atom. The van der Waals surface area contributed by atoms with Gasteiger partial charge in [0.15, 0.2) is 0 Å². The van der Waals surface area contributed by atoms with Gasteiger partial charge in [-0.3, -0.25) is 4.90 Å². The lowest BCUT2D eigenvalue weighted by atomic mass is 10.00. The summed E-state index contributed by atoms with van der Waals surface area (Å²) in [5, 5.41) is 10.6. The lowest BCUT2D eigenvalue weighted by Crippen LogP contribution is -2.43. The third kappa shape index (κ3) is 4.77. The fraction of sp³-hybridized carbons (Fsp3) is 0.458. The third-order valence-electron chi connectivity index (χ3n) is 6.12. The van der Waals surface area contributed by atoms with Crippen molar-refractivity contribution in [1.82, 2.24) is 14.7 Å². The molecule has 0 saturated carbocycles. The minimum Gasteiger partial charge on any atom is -0.390 e. The second-order valence-corrected chi connectivity index (χ2v) is 8.62. The van der Waals surface area contributed by atoms with Gasteiger partial charge in [-0.2, -0.15) is 0 Å². The summed E-state index contributed by atoms with van der Waals surface area (Å²) in [6.45, 7) is 4.82. The molecule has 4 rings (SSSR count). The first-order chi connectivity index (χ1) is 14.5. The zero-order chi connectivity index (χ0) is 21.1. The summed E-state index contributed by atoms with van der Waals surface area (Å²) in [4.78, 5) is 20.8. The highest BCUT2D eigenvalue weighted by molar-refractivity contribution is 5.76. The van der Waals surface area contributed by atoms with Crippen molar-refractivity contribution >= 4 is 11.7 Å². The van der Waals surface area contributed by atoms with Crippen LogP contribution in [0, 0.1) is 0 Å². The van der Waals surface area contributed by atoms with E-state index in [4.69, 9.17) is 0 Å². The van der Waals surface area contributed by atoms with Crippen LogP contribution >= 0.6 is 0 Å². The number of carbonyl (C=O) groups is 1. The van der Waals surface area contributed by atoms with Gasteiger partial charge in [-0.15, -0.1) is 0 Å². The average molecular weight is 409 g/mol. The molecule has 2 aromatic rings. The van der Waals surface area contributed by atoms with Crippen LogP contribution in [0.25, 0.3) is 0 Å². The maximum Gasteiger partial charge on any atom is 0.320 e. The van der Waals surface area contributed by atoms with Crippen molar-refractivity contribution in [3.05, 3.63) is 65.2 Å². The standard InChI is InChI=1S/C24H32N4O2/c1-25(2)22-9-7-19(8-10-22)15-27-13-14-28(24(27)30)18-23(29)17-26-12-11-20-5-3-4-6-21(20)16-26/h3-10,23,29H,11-18H2,1-2H3. The number of rotatable bonds is 7. The van der Waals surface area contributed by atoms with Crippen LogP contribution in [0.4, 0.5) is 10.5 Å². The summed E-state index contributed by atoms with van der Waals surface area (Å²) in [6.07, 6.45) is 0.491. The summed E-state index contributed by atoms with van der Waals surface area (Å²) in [6, 6.07) is 16.9. The van der Waals surface area contributed by atoms with Crippen molar-refractivity contribution in [2.45, 2.75) is 25.6 Å². The van der Waals surface area contributed by atoms with Gasteiger partial charge in [0.05, 0.1) is 6.10 Å². The van der Waals surface area contributed by atoms with Crippen LogP contribution in [0.1, 0.15) is 16.7 Å². The average Bonchev–Trinajstić information content (AvgIpc) is 3.07. The van der Waals surface area contributed by atoms with Crippen LogP contribution in [0.15, 0.2) is 48.5 Å². The number of urea groups is 1. The van der Waals surface area contributed by atoms with E-state index in [-0.39, 0.29) is 6.03 Å². The fourth-order valence-corrected chi connectivity index (χ4v) is 4.39. The molecule has 6 nitrogen and oxygen atoms in total. The van der Waals surface area contributed by atoms with E-state index in [1.54, 1.807) is 4.90 Å². The molecule has 2 aliphatic heterocycles. The highest BCUT2D eigenvalue weighted by atomic mass is 16.3. The molecule has 1 atom stereocenters. The summed E-state index contributed by atoms with van der Waals surface area (Å²) in [5.74, 6) is 0. The molecule has 1 N–H and O–H groups in total. The fourth-order valence-electron chi connectivity index (χ4n) is 4.39. The first-order valence-corrected chi connectivity index (χ1v) is 10.8. The number of anilines is 1. The highest BCUT2D eigenvalue weighted by Crippen LogP contribution is 2.20. The van der Waals surface area contributed by atoms with Gasteiger partial charge in [0.2, 0.25) is 0 Å². The topological polar surface area (TPSA) is 50.3 Å². The summed E-state index contributed by atoms with van der Waals surface area (Å²) in [5.41, 5.74) is 5.03. The maximum absolute atomic E-state index is 12.8. The molecule has 2 heterocycles. The van der Waals surface area contributed by atoms with Crippen molar-refractivity contribution in [3.8, 4) is 0 Å². The number of β-amino-alcohol motifs (C(OH)–C–C–N with tert-alkyl or cyclic N) is 1. The minimum absolute atomic E-state index is 0.0229. The molecule has 2 aromatic carbocycles. The largest absolute Gasteiger partial charge is 0.390 e. The van der Waals surface area contributed by atoms with E-state index in [2.05, 4.69) is 58.3 Å². The van der Waals surface area contributed by atoms with Crippen LogP contribution in [-0.2, 0) is 19.5 Å². The number of hydrogen-bond acceptors (Lipinski definition) is 4. The van der Waals surface area contributed by atoms with E-state index in [1.165, 1.54) is 11.1 Å². The van der Waals surface area contributed by atoms with E-state index in [0.29, 0.717) is 32.7 Å². The minimum atomic E-state index is -0.529. The third-order valence-corrected chi connectivity index (χ3v) is 6.12. The Kier molecular flexibility index (Phi) is 6.25. The van der Waals surface area contributed by atoms with E-state index in [9.17, 15) is 9.90 Å². The second kappa shape index (κ2) is 9.06. The zero-order valence-corrected chi connectivity index (χ0v) is 18.0. The summed E-state index contributed by atoms with van der Waals surface area (Å²) >= 11 is 0.